The number of carbonyl (C=O) groups excluding carboxylic acids is 1. The molecule has 0 spiro atoms. The van der Waals surface area contributed by atoms with Crippen LogP contribution in [0.15, 0.2) is 78.4 Å². The highest BCUT2D eigenvalue weighted by Gasteiger charge is 2.29. The quantitative estimate of drug-likeness (QED) is 0.344. The van der Waals surface area contributed by atoms with Crippen molar-refractivity contribution in [3.63, 3.8) is 0 Å². The van der Waals surface area contributed by atoms with Gasteiger partial charge in [0.2, 0.25) is 5.91 Å². The molecule has 6 rings (SSSR count). The molecule has 0 bridgehead atoms. The number of ether oxygens (including phenoxy) is 1. The van der Waals surface area contributed by atoms with E-state index in [1.807, 2.05) is 30.4 Å². The van der Waals surface area contributed by atoms with E-state index >= 15 is 0 Å². The Morgan fingerprint density at radius 3 is 2.53 bits per heavy atom. The van der Waals surface area contributed by atoms with Gasteiger partial charge in [-0.05, 0) is 53.5 Å². The molecule has 6 nitrogen and oxygen atoms in total. The number of benzene rings is 3. The van der Waals surface area contributed by atoms with E-state index in [0.717, 1.165) is 65.2 Å². The average molecular weight is 505 g/mol. The van der Waals surface area contributed by atoms with Gasteiger partial charge in [-0.3, -0.25) is 14.8 Å². The van der Waals surface area contributed by atoms with Crippen LogP contribution in [-0.2, 0) is 9.53 Å². The third kappa shape index (κ3) is 5.05. The highest BCUT2D eigenvalue weighted by Crippen LogP contribution is 2.31. The lowest BCUT2D eigenvalue weighted by Gasteiger charge is -2.32. The van der Waals surface area contributed by atoms with Crippen LogP contribution in [0.1, 0.15) is 46.8 Å². The molecule has 0 aliphatic carbocycles. The number of aromatic nitrogens is 2. The number of hydrogen-bond donors (Lipinski definition) is 2. The van der Waals surface area contributed by atoms with E-state index in [1.54, 1.807) is 0 Å². The van der Waals surface area contributed by atoms with Crippen LogP contribution in [0.25, 0.3) is 29.1 Å². The first-order chi connectivity index (χ1) is 18.7. The van der Waals surface area contributed by atoms with Gasteiger partial charge in [0.15, 0.2) is 0 Å². The summed E-state index contributed by atoms with van der Waals surface area (Å²) in [6.07, 6.45) is 6.14. The number of aromatic amines is 1. The largest absolute Gasteiger partial charge is 0.379 e. The zero-order chi connectivity index (χ0) is 25.9. The lowest BCUT2D eigenvalue weighted by atomic mass is 9.92. The van der Waals surface area contributed by atoms with E-state index in [0.29, 0.717) is 12.6 Å². The van der Waals surface area contributed by atoms with Gasteiger partial charge in [-0.15, -0.1) is 0 Å². The first-order valence-corrected chi connectivity index (χ1v) is 13.3. The lowest BCUT2D eigenvalue weighted by Crippen LogP contribution is -2.37. The van der Waals surface area contributed by atoms with Crippen molar-refractivity contribution in [1.82, 2.24) is 20.4 Å². The topological polar surface area (TPSA) is 70.2 Å². The molecule has 0 saturated carbocycles. The molecule has 2 atom stereocenters. The predicted octanol–water partition coefficient (Wildman–Crippen LogP) is 5.42. The SMILES string of the molecule is CC(c1ccc(/C=C/c2n[nH]c3cc(C=C4C(=O)NCC4c4ccccc4)ccc23)cc1)N1CCOCC1. The molecule has 2 unspecified atom stereocenters. The molecule has 3 heterocycles. The van der Waals surface area contributed by atoms with Crippen LogP contribution in [0.2, 0.25) is 0 Å². The van der Waals surface area contributed by atoms with Crippen LogP contribution in [0, 0.1) is 0 Å². The first-order valence-electron chi connectivity index (χ1n) is 13.3. The number of rotatable bonds is 6. The normalized spacial score (nSPS) is 20.4. The minimum Gasteiger partial charge on any atom is -0.379 e. The Morgan fingerprint density at radius 1 is 0.974 bits per heavy atom. The Bertz CT molecular complexity index is 1480. The van der Waals surface area contributed by atoms with Gasteiger partial charge < -0.3 is 10.1 Å². The summed E-state index contributed by atoms with van der Waals surface area (Å²) >= 11 is 0. The molecular weight excluding hydrogens is 472 g/mol. The molecule has 2 N–H and O–H groups in total. The minimum absolute atomic E-state index is 0.00228. The van der Waals surface area contributed by atoms with Crippen LogP contribution in [-0.4, -0.2) is 53.9 Å². The van der Waals surface area contributed by atoms with E-state index in [4.69, 9.17) is 4.74 Å². The maximum atomic E-state index is 12.6. The van der Waals surface area contributed by atoms with Crippen molar-refractivity contribution in [3.05, 3.63) is 106 Å². The maximum Gasteiger partial charge on any atom is 0.247 e. The van der Waals surface area contributed by atoms with Gasteiger partial charge in [-0.25, -0.2) is 0 Å². The van der Waals surface area contributed by atoms with Gasteiger partial charge in [-0.1, -0.05) is 66.7 Å². The van der Waals surface area contributed by atoms with E-state index in [-0.39, 0.29) is 11.8 Å². The van der Waals surface area contributed by atoms with Crippen molar-refractivity contribution in [2.45, 2.75) is 18.9 Å². The summed E-state index contributed by atoms with van der Waals surface area (Å²) in [4.78, 5) is 15.0. The second-order valence-electron chi connectivity index (χ2n) is 10.0. The monoisotopic (exact) mass is 504 g/mol. The summed E-state index contributed by atoms with van der Waals surface area (Å²) < 4.78 is 5.49. The molecule has 4 aromatic rings. The van der Waals surface area contributed by atoms with E-state index in [2.05, 4.69) is 88.0 Å². The zero-order valence-electron chi connectivity index (χ0n) is 21.6. The van der Waals surface area contributed by atoms with Crippen molar-refractivity contribution in [2.75, 3.05) is 32.8 Å². The standard InChI is InChI=1S/C32H32N4O2/c1-22(36-15-17-38-18-16-36)25-11-7-23(8-12-25)10-14-30-27-13-9-24(20-31(27)35-34-30)19-28-29(21-33-32(28)37)26-5-3-2-4-6-26/h2-14,19-20,22,29H,15-18,21H2,1H3,(H,33,37)(H,34,35)/b14-10+,28-19?. The molecule has 2 saturated heterocycles. The van der Waals surface area contributed by atoms with Gasteiger partial charge in [0.05, 0.1) is 24.4 Å². The number of nitrogens with one attached hydrogen (secondary N) is 2. The van der Waals surface area contributed by atoms with Crippen molar-refractivity contribution in [1.29, 1.82) is 0 Å². The van der Waals surface area contributed by atoms with Crippen molar-refractivity contribution in [2.24, 2.45) is 0 Å². The Labute approximate surface area is 223 Å². The lowest BCUT2D eigenvalue weighted by molar-refractivity contribution is -0.116. The molecule has 2 aliphatic heterocycles. The molecule has 1 amide bonds. The van der Waals surface area contributed by atoms with Crippen LogP contribution in [0.5, 0.6) is 0 Å². The highest BCUT2D eigenvalue weighted by atomic mass is 16.5. The number of nitrogens with zero attached hydrogens (tertiary/aromatic N) is 2. The molecule has 2 fully saturated rings. The second kappa shape index (κ2) is 10.8. The summed E-state index contributed by atoms with van der Waals surface area (Å²) in [6, 6.07) is 25.5. The molecule has 192 valence electrons. The van der Waals surface area contributed by atoms with Crippen LogP contribution in [0.4, 0.5) is 0 Å². The van der Waals surface area contributed by atoms with Gasteiger partial charge in [0.1, 0.15) is 0 Å². The number of H-pyrrole nitrogens is 1. The molecule has 3 aromatic carbocycles. The summed E-state index contributed by atoms with van der Waals surface area (Å²) in [5.41, 5.74) is 7.22. The van der Waals surface area contributed by atoms with Crippen molar-refractivity contribution < 1.29 is 9.53 Å². The fourth-order valence-electron chi connectivity index (χ4n) is 5.41. The fourth-order valence-corrected chi connectivity index (χ4v) is 5.41. The van der Waals surface area contributed by atoms with Gasteiger partial charge in [-0.2, -0.15) is 5.10 Å². The van der Waals surface area contributed by atoms with Gasteiger partial charge >= 0.3 is 0 Å². The predicted molar refractivity (Wildman–Crippen MR) is 152 cm³/mol. The zero-order valence-corrected chi connectivity index (χ0v) is 21.6. The summed E-state index contributed by atoms with van der Waals surface area (Å²) in [5, 5.41) is 11.7. The van der Waals surface area contributed by atoms with Crippen LogP contribution >= 0.6 is 0 Å². The Morgan fingerprint density at radius 2 is 1.74 bits per heavy atom. The second-order valence-corrected chi connectivity index (χ2v) is 10.0. The summed E-state index contributed by atoms with van der Waals surface area (Å²) in [7, 11) is 0. The minimum atomic E-state index is -0.00228. The number of morpholine rings is 1. The Hall–Kier alpha value is -4.00. The first kappa shape index (κ1) is 24.3. The third-order valence-corrected chi connectivity index (χ3v) is 7.69. The van der Waals surface area contributed by atoms with Gasteiger partial charge in [0.25, 0.3) is 0 Å². The molecule has 0 radical (unpaired) electrons. The number of amides is 1. The number of hydrogen-bond acceptors (Lipinski definition) is 4. The molecule has 1 aromatic heterocycles. The van der Waals surface area contributed by atoms with Gasteiger partial charge in [0, 0.05) is 42.6 Å². The maximum absolute atomic E-state index is 12.6. The number of carbonyl (C=O) groups is 1. The van der Waals surface area contributed by atoms with Crippen molar-refractivity contribution in [3.8, 4) is 0 Å². The molecular formula is C32H32N4O2. The smallest absolute Gasteiger partial charge is 0.247 e. The Kier molecular flexibility index (Phi) is 6.90. The summed E-state index contributed by atoms with van der Waals surface area (Å²) in [6.45, 7) is 6.47. The molecule has 6 heteroatoms. The van der Waals surface area contributed by atoms with Crippen LogP contribution < -0.4 is 5.32 Å². The Balaban J connectivity index is 1.18. The average Bonchev–Trinajstić information content (AvgIpc) is 3.55. The molecule has 38 heavy (non-hydrogen) atoms. The third-order valence-electron chi connectivity index (χ3n) is 7.69. The van der Waals surface area contributed by atoms with E-state index in [9.17, 15) is 4.79 Å². The van der Waals surface area contributed by atoms with E-state index in [1.165, 1.54) is 5.56 Å². The number of fused-ring (bicyclic) bond motifs is 1. The van der Waals surface area contributed by atoms with Crippen molar-refractivity contribution >= 4 is 35.0 Å². The molecule has 2 aliphatic rings. The van der Waals surface area contributed by atoms with E-state index < -0.39 is 0 Å². The van der Waals surface area contributed by atoms with Crippen LogP contribution in [0.3, 0.4) is 0 Å². The summed E-state index contributed by atoms with van der Waals surface area (Å²) in [5.74, 6) is 0.0560. The highest BCUT2D eigenvalue weighted by molar-refractivity contribution is 6.02. The fraction of sp³-hybridized carbons (Fsp3) is 0.250.